The second-order valence-corrected chi connectivity index (χ2v) is 4.23. The first-order chi connectivity index (χ1) is 8.61. The highest BCUT2D eigenvalue weighted by Crippen LogP contribution is 2.25. The SMILES string of the molecule is COc1ccc(Cl)cc1C(=O)c1ccc(N)cc1. The third-order valence-corrected chi connectivity index (χ3v) is 2.81. The maximum atomic E-state index is 12.3. The zero-order valence-electron chi connectivity index (χ0n) is 9.81. The molecule has 0 aliphatic carbocycles. The van der Waals surface area contributed by atoms with Gasteiger partial charge in [0, 0.05) is 16.3 Å². The number of rotatable bonds is 3. The van der Waals surface area contributed by atoms with Crippen molar-refractivity contribution in [2.24, 2.45) is 0 Å². The molecule has 0 spiro atoms. The second kappa shape index (κ2) is 5.10. The third-order valence-electron chi connectivity index (χ3n) is 2.58. The van der Waals surface area contributed by atoms with Gasteiger partial charge in [0.1, 0.15) is 5.75 Å². The van der Waals surface area contributed by atoms with E-state index < -0.39 is 0 Å². The minimum Gasteiger partial charge on any atom is -0.496 e. The van der Waals surface area contributed by atoms with Crippen molar-refractivity contribution in [2.45, 2.75) is 0 Å². The van der Waals surface area contributed by atoms with Gasteiger partial charge in [0.25, 0.3) is 0 Å². The van der Waals surface area contributed by atoms with Gasteiger partial charge in [0.15, 0.2) is 5.78 Å². The van der Waals surface area contributed by atoms with Crippen LogP contribution in [0.2, 0.25) is 5.02 Å². The summed E-state index contributed by atoms with van der Waals surface area (Å²) in [5, 5.41) is 0.495. The lowest BCUT2D eigenvalue weighted by Crippen LogP contribution is -2.04. The molecule has 0 saturated carbocycles. The van der Waals surface area contributed by atoms with Crippen molar-refractivity contribution in [2.75, 3.05) is 12.8 Å². The lowest BCUT2D eigenvalue weighted by atomic mass is 10.0. The van der Waals surface area contributed by atoms with Crippen LogP contribution in [-0.2, 0) is 0 Å². The topological polar surface area (TPSA) is 52.3 Å². The number of ether oxygens (including phenoxy) is 1. The number of carbonyl (C=O) groups excluding carboxylic acids is 1. The lowest BCUT2D eigenvalue weighted by molar-refractivity contribution is 0.103. The fourth-order valence-electron chi connectivity index (χ4n) is 1.65. The highest BCUT2D eigenvalue weighted by molar-refractivity contribution is 6.31. The van der Waals surface area contributed by atoms with E-state index in [0.717, 1.165) is 0 Å². The predicted molar refractivity (Wildman–Crippen MR) is 72.3 cm³/mol. The Bertz CT molecular complexity index is 579. The van der Waals surface area contributed by atoms with Crippen LogP contribution in [0.1, 0.15) is 15.9 Å². The summed E-state index contributed by atoms with van der Waals surface area (Å²) in [4.78, 5) is 12.3. The molecule has 2 aromatic carbocycles. The Morgan fingerprint density at radius 3 is 2.44 bits per heavy atom. The number of hydrogen-bond acceptors (Lipinski definition) is 3. The van der Waals surface area contributed by atoms with E-state index in [-0.39, 0.29) is 5.78 Å². The van der Waals surface area contributed by atoms with Crippen molar-refractivity contribution in [3.8, 4) is 5.75 Å². The molecule has 2 rings (SSSR count). The summed E-state index contributed by atoms with van der Waals surface area (Å²) in [7, 11) is 1.52. The van der Waals surface area contributed by atoms with E-state index in [4.69, 9.17) is 22.1 Å². The Morgan fingerprint density at radius 1 is 1.17 bits per heavy atom. The molecule has 0 amide bonds. The maximum absolute atomic E-state index is 12.3. The normalized spacial score (nSPS) is 10.1. The van der Waals surface area contributed by atoms with E-state index in [1.54, 1.807) is 42.5 Å². The molecule has 0 radical (unpaired) electrons. The first kappa shape index (κ1) is 12.5. The van der Waals surface area contributed by atoms with Crippen LogP contribution in [0.25, 0.3) is 0 Å². The van der Waals surface area contributed by atoms with E-state index in [1.807, 2.05) is 0 Å². The summed E-state index contributed by atoms with van der Waals surface area (Å²) in [6, 6.07) is 11.7. The molecule has 0 saturated heterocycles. The number of carbonyl (C=O) groups is 1. The predicted octanol–water partition coefficient (Wildman–Crippen LogP) is 3.16. The van der Waals surface area contributed by atoms with Crippen molar-refractivity contribution in [1.29, 1.82) is 0 Å². The molecule has 0 fully saturated rings. The molecule has 0 aliphatic heterocycles. The van der Waals surface area contributed by atoms with Gasteiger partial charge in [-0.1, -0.05) is 11.6 Å². The number of nitrogens with two attached hydrogens (primary N) is 1. The lowest BCUT2D eigenvalue weighted by Gasteiger charge is -2.08. The van der Waals surface area contributed by atoms with Crippen molar-refractivity contribution in [1.82, 2.24) is 0 Å². The largest absolute Gasteiger partial charge is 0.496 e. The number of benzene rings is 2. The molecule has 0 bridgehead atoms. The van der Waals surface area contributed by atoms with Gasteiger partial charge in [0.2, 0.25) is 0 Å². The number of anilines is 1. The van der Waals surface area contributed by atoms with E-state index >= 15 is 0 Å². The molecule has 0 unspecified atom stereocenters. The van der Waals surface area contributed by atoms with Gasteiger partial charge < -0.3 is 10.5 Å². The van der Waals surface area contributed by atoms with Crippen LogP contribution in [-0.4, -0.2) is 12.9 Å². The molecule has 0 heterocycles. The Hall–Kier alpha value is -2.00. The Kier molecular flexibility index (Phi) is 3.53. The monoisotopic (exact) mass is 261 g/mol. The molecule has 2 aromatic rings. The van der Waals surface area contributed by atoms with E-state index in [1.165, 1.54) is 7.11 Å². The number of methoxy groups -OCH3 is 1. The average molecular weight is 262 g/mol. The highest BCUT2D eigenvalue weighted by Gasteiger charge is 2.14. The van der Waals surface area contributed by atoms with Crippen LogP contribution in [0.15, 0.2) is 42.5 Å². The molecular formula is C14H12ClNO2. The van der Waals surface area contributed by atoms with Crippen molar-refractivity contribution in [3.05, 3.63) is 58.6 Å². The third kappa shape index (κ3) is 2.46. The van der Waals surface area contributed by atoms with Crippen LogP contribution in [0.5, 0.6) is 5.75 Å². The number of nitrogen functional groups attached to an aromatic ring is 1. The number of ketones is 1. The molecule has 2 N–H and O–H groups in total. The molecule has 0 aromatic heterocycles. The molecule has 3 nitrogen and oxygen atoms in total. The van der Waals surface area contributed by atoms with Gasteiger partial charge >= 0.3 is 0 Å². The summed E-state index contributed by atoms with van der Waals surface area (Å²) < 4.78 is 5.16. The van der Waals surface area contributed by atoms with Gasteiger partial charge in [-0.3, -0.25) is 4.79 Å². The summed E-state index contributed by atoms with van der Waals surface area (Å²) in [6.07, 6.45) is 0. The van der Waals surface area contributed by atoms with Gasteiger partial charge in [-0.05, 0) is 42.5 Å². The van der Waals surface area contributed by atoms with Gasteiger partial charge in [0.05, 0.1) is 12.7 Å². The van der Waals surface area contributed by atoms with Crippen LogP contribution in [0.4, 0.5) is 5.69 Å². The molecular weight excluding hydrogens is 250 g/mol. The van der Waals surface area contributed by atoms with Crippen LogP contribution in [0, 0.1) is 0 Å². The Balaban J connectivity index is 2.45. The van der Waals surface area contributed by atoms with Crippen molar-refractivity contribution in [3.63, 3.8) is 0 Å². The summed E-state index contributed by atoms with van der Waals surface area (Å²) in [5.41, 5.74) is 7.19. The van der Waals surface area contributed by atoms with Crippen LogP contribution in [0.3, 0.4) is 0 Å². The van der Waals surface area contributed by atoms with Crippen molar-refractivity contribution >= 4 is 23.1 Å². The zero-order chi connectivity index (χ0) is 13.1. The van der Waals surface area contributed by atoms with Crippen LogP contribution >= 0.6 is 11.6 Å². The van der Waals surface area contributed by atoms with Gasteiger partial charge in [-0.2, -0.15) is 0 Å². The maximum Gasteiger partial charge on any atom is 0.196 e. The molecule has 0 aliphatic rings. The van der Waals surface area contributed by atoms with Gasteiger partial charge in [-0.25, -0.2) is 0 Å². The van der Waals surface area contributed by atoms with Crippen LogP contribution < -0.4 is 10.5 Å². The van der Waals surface area contributed by atoms with Crippen molar-refractivity contribution < 1.29 is 9.53 Å². The highest BCUT2D eigenvalue weighted by atomic mass is 35.5. The molecule has 4 heteroatoms. The minimum absolute atomic E-state index is 0.144. The quantitative estimate of drug-likeness (QED) is 0.682. The van der Waals surface area contributed by atoms with E-state index in [0.29, 0.717) is 27.6 Å². The number of hydrogen-bond donors (Lipinski definition) is 1. The molecule has 92 valence electrons. The van der Waals surface area contributed by atoms with E-state index in [9.17, 15) is 4.79 Å². The summed E-state index contributed by atoms with van der Waals surface area (Å²) >= 11 is 5.90. The Labute approximate surface area is 110 Å². The molecule has 18 heavy (non-hydrogen) atoms. The minimum atomic E-state index is -0.144. The second-order valence-electron chi connectivity index (χ2n) is 3.80. The number of halogens is 1. The average Bonchev–Trinajstić information content (AvgIpc) is 2.39. The first-order valence-corrected chi connectivity index (χ1v) is 5.73. The molecule has 0 atom stereocenters. The fraction of sp³-hybridized carbons (Fsp3) is 0.0714. The summed E-state index contributed by atoms with van der Waals surface area (Å²) in [5.74, 6) is 0.357. The Morgan fingerprint density at radius 2 is 1.83 bits per heavy atom. The van der Waals surface area contributed by atoms with E-state index in [2.05, 4.69) is 0 Å². The first-order valence-electron chi connectivity index (χ1n) is 5.35. The zero-order valence-corrected chi connectivity index (χ0v) is 10.6. The standard InChI is InChI=1S/C14H12ClNO2/c1-18-13-7-4-10(15)8-12(13)14(17)9-2-5-11(16)6-3-9/h2-8H,16H2,1H3. The smallest absolute Gasteiger partial charge is 0.196 e. The van der Waals surface area contributed by atoms with Gasteiger partial charge in [-0.15, -0.1) is 0 Å². The summed E-state index contributed by atoms with van der Waals surface area (Å²) in [6.45, 7) is 0. The fourth-order valence-corrected chi connectivity index (χ4v) is 1.82.